The van der Waals surface area contributed by atoms with E-state index in [1.165, 1.54) is 0 Å². The lowest BCUT2D eigenvalue weighted by molar-refractivity contribution is 0.306. The van der Waals surface area contributed by atoms with E-state index < -0.39 is 0 Å². The zero-order valence-corrected chi connectivity index (χ0v) is 12.6. The second kappa shape index (κ2) is 6.20. The average Bonchev–Trinajstić information content (AvgIpc) is 3.02. The molecule has 3 nitrogen and oxygen atoms in total. The molecule has 106 valence electrons. The van der Waals surface area contributed by atoms with Crippen LogP contribution in [0.2, 0.25) is 10.0 Å². The van der Waals surface area contributed by atoms with Crippen LogP contribution < -0.4 is 4.74 Å². The Morgan fingerprint density at radius 1 is 0.952 bits per heavy atom. The molecular weight excluding hydrogens is 307 g/mol. The van der Waals surface area contributed by atoms with E-state index in [9.17, 15) is 0 Å². The van der Waals surface area contributed by atoms with Gasteiger partial charge in [0.25, 0.3) is 0 Å². The molecule has 0 N–H and O–H groups in total. The van der Waals surface area contributed by atoms with Gasteiger partial charge >= 0.3 is 0 Å². The normalized spacial score (nSPS) is 10.6. The molecule has 0 aliphatic carbocycles. The minimum atomic E-state index is 0.333. The maximum Gasteiger partial charge on any atom is 0.119 e. The molecule has 0 radical (unpaired) electrons. The Labute approximate surface area is 132 Å². The molecule has 5 heteroatoms. The Hall–Kier alpha value is -1.97. The highest BCUT2D eigenvalue weighted by molar-refractivity contribution is 6.35. The number of aromatic nitrogens is 2. The van der Waals surface area contributed by atoms with Crippen LogP contribution in [0.25, 0.3) is 5.69 Å². The molecule has 1 heterocycles. The summed E-state index contributed by atoms with van der Waals surface area (Å²) in [5.74, 6) is 0.752. The number of hydrogen-bond acceptors (Lipinski definition) is 2. The summed E-state index contributed by atoms with van der Waals surface area (Å²) in [5, 5.41) is 5.39. The summed E-state index contributed by atoms with van der Waals surface area (Å²) in [4.78, 5) is 0. The SMILES string of the molecule is Clc1cccc(Cl)c1COc1ccc(-n2cccn2)cc1. The van der Waals surface area contributed by atoms with Crippen molar-refractivity contribution in [1.29, 1.82) is 0 Å². The minimum absolute atomic E-state index is 0.333. The van der Waals surface area contributed by atoms with E-state index >= 15 is 0 Å². The number of benzene rings is 2. The Bertz CT molecular complexity index is 704. The third-order valence-electron chi connectivity index (χ3n) is 3.05. The molecule has 0 fully saturated rings. The number of nitrogens with zero attached hydrogens (tertiary/aromatic N) is 2. The van der Waals surface area contributed by atoms with Crippen LogP contribution in [0.5, 0.6) is 5.75 Å². The van der Waals surface area contributed by atoms with Crippen molar-refractivity contribution >= 4 is 23.2 Å². The largest absolute Gasteiger partial charge is 0.489 e. The van der Waals surface area contributed by atoms with Crippen LogP contribution in [-0.4, -0.2) is 9.78 Å². The van der Waals surface area contributed by atoms with Crippen LogP contribution in [0.4, 0.5) is 0 Å². The van der Waals surface area contributed by atoms with Gasteiger partial charge in [-0.2, -0.15) is 5.10 Å². The van der Waals surface area contributed by atoms with Gasteiger partial charge in [-0.25, -0.2) is 4.68 Å². The quantitative estimate of drug-likeness (QED) is 0.693. The van der Waals surface area contributed by atoms with Gasteiger partial charge in [0.15, 0.2) is 0 Å². The first-order valence-corrected chi connectivity index (χ1v) is 7.15. The van der Waals surface area contributed by atoms with Crippen molar-refractivity contribution in [1.82, 2.24) is 9.78 Å². The summed E-state index contributed by atoms with van der Waals surface area (Å²) in [5.41, 5.74) is 1.76. The monoisotopic (exact) mass is 318 g/mol. The first kappa shape index (κ1) is 14.0. The molecule has 3 aromatic rings. The molecular formula is C16H12Cl2N2O. The van der Waals surface area contributed by atoms with E-state index in [1.807, 2.05) is 42.6 Å². The summed E-state index contributed by atoms with van der Waals surface area (Å²) in [6, 6.07) is 15.0. The van der Waals surface area contributed by atoms with E-state index in [-0.39, 0.29) is 0 Å². The maximum absolute atomic E-state index is 6.11. The Morgan fingerprint density at radius 3 is 2.29 bits per heavy atom. The van der Waals surface area contributed by atoms with Crippen LogP contribution in [0.3, 0.4) is 0 Å². The molecule has 0 saturated heterocycles. The van der Waals surface area contributed by atoms with Gasteiger partial charge in [-0.05, 0) is 42.5 Å². The van der Waals surface area contributed by atoms with Gasteiger partial charge in [0.05, 0.1) is 5.69 Å². The fourth-order valence-electron chi connectivity index (χ4n) is 1.94. The number of rotatable bonds is 4. The summed E-state index contributed by atoms with van der Waals surface area (Å²) >= 11 is 12.2. The fraction of sp³-hybridized carbons (Fsp3) is 0.0625. The molecule has 21 heavy (non-hydrogen) atoms. The van der Waals surface area contributed by atoms with Crippen LogP contribution in [0.1, 0.15) is 5.56 Å². The summed E-state index contributed by atoms with van der Waals surface area (Å²) in [6.45, 7) is 0.333. The van der Waals surface area contributed by atoms with Gasteiger partial charge in [-0.15, -0.1) is 0 Å². The van der Waals surface area contributed by atoms with Crippen molar-refractivity contribution in [2.45, 2.75) is 6.61 Å². The molecule has 2 aromatic carbocycles. The molecule has 0 aliphatic heterocycles. The van der Waals surface area contributed by atoms with E-state index in [4.69, 9.17) is 27.9 Å². The second-order valence-electron chi connectivity index (χ2n) is 4.43. The zero-order chi connectivity index (χ0) is 14.7. The third kappa shape index (κ3) is 3.20. The van der Waals surface area contributed by atoms with Crippen LogP contribution in [0.15, 0.2) is 60.9 Å². The van der Waals surface area contributed by atoms with Crippen LogP contribution in [0, 0.1) is 0 Å². The van der Waals surface area contributed by atoms with Crippen molar-refractivity contribution in [3.63, 3.8) is 0 Å². The van der Waals surface area contributed by atoms with Crippen molar-refractivity contribution in [3.8, 4) is 11.4 Å². The van der Waals surface area contributed by atoms with E-state index in [0.717, 1.165) is 17.0 Å². The molecule has 0 atom stereocenters. The number of hydrogen-bond donors (Lipinski definition) is 0. The van der Waals surface area contributed by atoms with Crippen LogP contribution >= 0.6 is 23.2 Å². The summed E-state index contributed by atoms with van der Waals surface area (Å²) in [7, 11) is 0. The second-order valence-corrected chi connectivity index (χ2v) is 5.25. The van der Waals surface area contributed by atoms with Gasteiger partial charge in [-0.1, -0.05) is 29.3 Å². The molecule has 0 bridgehead atoms. The lowest BCUT2D eigenvalue weighted by atomic mass is 10.2. The Morgan fingerprint density at radius 2 is 1.67 bits per heavy atom. The lowest BCUT2D eigenvalue weighted by Gasteiger charge is -2.10. The third-order valence-corrected chi connectivity index (χ3v) is 3.76. The van der Waals surface area contributed by atoms with Crippen molar-refractivity contribution < 1.29 is 4.74 Å². The van der Waals surface area contributed by atoms with Crippen molar-refractivity contribution in [2.24, 2.45) is 0 Å². The standard InChI is InChI=1S/C16H12Cl2N2O/c17-15-3-1-4-16(18)14(15)11-21-13-7-5-12(6-8-13)20-10-2-9-19-20/h1-10H,11H2. The van der Waals surface area contributed by atoms with E-state index in [0.29, 0.717) is 16.7 Å². The molecule has 0 aliphatic rings. The highest BCUT2D eigenvalue weighted by Gasteiger charge is 2.06. The van der Waals surface area contributed by atoms with Crippen molar-refractivity contribution in [3.05, 3.63) is 76.5 Å². The molecule has 1 aromatic heterocycles. The predicted octanol–water partition coefficient (Wildman–Crippen LogP) is 4.76. The van der Waals surface area contributed by atoms with E-state index in [2.05, 4.69) is 5.10 Å². The predicted molar refractivity (Wildman–Crippen MR) is 84.4 cm³/mol. The molecule has 0 spiro atoms. The van der Waals surface area contributed by atoms with Crippen molar-refractivity contribution in [2.75, 3.05) is 0 Å². The van der Waals surface area contributed by atoms with Crippen LogP contribution in [-0.2, 0) is 6.61 Å². The highest BCUT2D eigenvalue weighted by atomic mass is 35.5. The van der Waals surface area contributed by atoms with Gasteiger partial charge in [0, 0.05) is 28.0 Å². The first-order valence-electron chi connectivity index (χ1n) is 6.40. The Balaban J connectivity index is 1.71. The first-order chi connectivity index (χ1) is 10.2. The smallest absolute Gasteiger partial charge is 0.119 e. The summed E-state index contributed by atoms with van der Waals surface area (Å²) < 4.78 is 7.51. The topological polar surface area (TPSA) is 27.1 Å². The average molecular weight is 319 g/mol. The van der Waals surface area contributed by atoms with Gasteiger partial charge in [0.2, 0.25) is 0 Å². The summed E-state index contributed by atoms with van der Waals surface area (Å²) in [6.07, 6.45) is 3.63. The number of ether oxygens (including phenoxy) is 1. The van der Waals surface area contributed by atoms with Gasteiger partial charge < -0.3 is 4.74 Å². The van der Waals surface area contributed by atoms with Gasteiger partial charge in [-0.3, -0.25) is 0 Å². The zero-order valence-electron chi connectivity index (χ0n) is 11.0. The van der Waals surface area contributed by atoms with E-state index in [1.54, 1.807) is 23.0 Å². The highest BCUT2D eigenvalue weighted by Crippen LogP contribution is 2.26. The molecule has 0 unspecified atom stereocenters. The molecule has 3 rings (SSSR count). The number of halogens is 2. The maximum atomic E-state index is 6.11. The lowest BCUT2D eigenvalue weighted by Crippen LogP contribution is -1.98. The molecule has 0 saturated carbocycles. The molecule has 0 amide bonds. The minimum Gasteiger partial charge on any atom is -0.489 e. The Kier molecular flexibility index (Phi) is 4.13. The fourth-order valence-corrected chi connectivity index (χ4v) is 2.45. The van der Waals surface area contributed by atoms with Gasteiger partial charge in [0.1, 0.15) is 12.4 Å².